The molecule has 16 heteroatoms. The molecule has 72 heavy (non-hydrogen) atoms. The number of aromatic nitrogens is 2. The number of halogens is 2. The fourth-order valence-electron chi connectivity index (χ4n) is 7.86. The monoisotopic (exact) mass is 1110 g/mol. The second kappa shape index (κ2) is 26.0. The Morgan fingerprint density at radius 2 is 0.764 bits per heavy atom. The molecule has 374 valence electrons. The first-order valence-electron chi connectivity index (χ1n) is 21.9. The largest absolute Gasteiger partial charge is 0.478 e. The van der Waals surface area contributed by atoms with Gasteiger partial charge < -0.3 is 29.2 Å². The third-order valence-corrected chi connectivity index (χ3v) is 12.1. The molecule has 0 aliphatic carbocycles. The first-order chi connectivity index (χ1) is 33.8. The number of imidazole rings is 1. The van der Waals surface area contributed by atoms with Crippen molar-refractivity contribution in [1.82, 2.24) is 4.57 Å². The number of hydrogen-bond donors (Lipinski definition) is 2. The van der Waals surface area contributed by atoms with Gasteiger partial charge in [-0.2, -0.15) is 0 Å². The summed E-state index contributed by atoms with van der Waals surface area (Å²) < 4.78 is 22.8. The van der Waals surface area contributed by atoms with E-state index in [0.717, 1.165) is 66.8 Å². The van der Waals surface area contributed by atoms with E-state index in [2.05, 4.69) is 15.9 Å². The number of aromatic carboxylic acids is 2. The second-order valence-corrected chi connectivity index (χ2v) is 16.9. The van der Waals surface area contributed by atoms with Crippen molar-refractivity contribution in [2.45, 2.75) is 39.6 Å². The van der Waals surface area contributed by atoms with Gasteiger partial charge in [0.15, 0.2) is 0 Å². The van der Waals surface area contributed by atoms with E-state index in [4.69, 9.17) is 24.1 Å². The van der Waals surface area contributed by atoms with Crippen LogP contribution in [0.15, 0.2) is 128 Å². The van der Waals surface area contributed by atoms with E-state index in [1.807, 2.05) is 92.9 Å². The molecule has 0 saturated carbocycles. The van der Waals surface area contributed by atoms with Gasteiger partial charge >= 0.3 is 35.8 Å². The van der Waals surface area contributed by atoms with Gasteiger partial charge in [0, 0.05) is 10.9 Å². The summed E-state index contributed by atoms with van der Waals surface area (Å²) in [5.74, 6) is -3.38. The van der Waals surface area contributed by atoms with Crippen LogP contribution < -0.4 is 4.57 Å². The maximum atomic E-state index is 11.7. The second-order valence-electron chi connectivity index (χ2n) is 16.3. The minimum atomic E-state index is -0.978. The van der Waals surface area contributed by atoms with E-state index in [1.165, 1.54) is 28.4 Å². The average molecular weight is 1110 g/mol. The predicted octanol–water partition coefficient (Wildman–Crippen LogP) is 11.0. The number of carbonyl (C=O) groups excluding carboxylic acids is 4. The molecule has 0 amide bonds. The quantitative estimate of drug-likeness (QED) is 0.0511. The highest BCUT2D eigenvalue weighted by Gasteiger charge is 2.18. The van der Waals surface area contributed by atoms with E-state index < -0.39 is 11.9 Å². The van der Waals surface area contributed by atoms with Crippen LogP contribution in [-0.2, 0) is 37.9 Å². The lowest BCUT2D eigenvalue weighted by molar-refractivity contribution is -0.671. The molecule has 2 N–H and O–H groups in total. The van der Waals surface area contributed by atoms with Crippen molar-refractivity contribution >= 4 is 68.7 Å². The van der Waals surface area contributed by atoms with E-state index in [9.17, 15) is 33.9 Å². The molecule has 14 nitrogen and oxygen atoms in total. The zero-order chi connectivity index (χ0) is 52.1. The van der Waals surface area contributed by atoms with Crippen LogP contribution in [0.4, 0.5) is 0 Å². The lowest BCUT2D eigenvalue weighted by atomic mass is 9.93. The summed E-state index contributed by atoms with van der Waals surface area (Å²) in [5.41, 5.74) is 13.9. The summed E-state index contributed by atoms with van der Waals surface area (Å²) in [7, 11) is 7.36. The number of esters is 4. The van der Waals surface area contributed by atoms with E-state index in [0.29, 0.717) is 34.1 Å². The van der Waals surface area contributed by atoms with E-state index in [-0.39, 0.29) is 52.0 Å². The lowest BCUT2D eigenvalue weighted by Gasteiger charge is -2.13. The summed E-state index contributed by atoms with van der Waals surface area (Å²) in [6, 6.07) is 31.7. The molecule has 0 bridgehead atoms. The molecule has 0 unspecified atom stereocenters. The molecule has 0 aliphatic heterocycles. The van der Waals surface area contributed by atoms with Crippen LogP contribution in [0.3, 0.4) is 0 Å². The van der Waals surface area contributed by atoms with Gasteiger partial charge in [0.25, 0.3) is 0 Å². The number of carboxylic acid groups (broad SMARTS) is 2. The summed E-state index contributed by atoms with van der Waals surface area (Å²) in [5, 5.41) is 19.1. The standard InChI is InChI=1S/C20H18N2O4.C18H17BrO4.C18H18O4.BrH/c1-13-9-14(19(23)24)3-5-17(13)18-6-4-15(20(25)26)10-16(18)11-22-8-7-21(2)12-22;1-11-8-12(17(20)22-2)4-6-15(11)16-7-5-13(18(21)23-3)9-14(16)10-19;1-11-9-13(17(19)21-3)5-7-15(11)16-8-6-14(10-12(16)2)18(20)22-4;/h3-10,12H,11H2,1-2H3,(H-,23,24,25,26);4-9H,10H2,1-3H3;5-10H,1-4H3;1H/p+1. The van der Waals surface area contributed by atoms with Crippen LogP contribution in [0.1, 0.15) is 95.5 Å². The summed E-state index contributed by atoms with van der Waals surface area (Å²) in [6.45, 7) is 8.18. The minimum Gasteiger partial charge on any atom is -0.478 e. The molecule has 1 heterocycles. The Kier molecular flexibility index (Phi) is 20.5. The number of rotatable bonds is 12. The Balaban J connectivity index is 0.000000234. The maximum absolute atomic E-state index is 11.7. The highest BCUT2D eigenvalue weighted by Crippen LogP contribution is 2.32. The van der Waals surface area contributed by atoms with Crippen LogP contribution >= 0.6 is 32.9 Å². The van der Waals surface area contributed by atoms with Crippen molar-refractivity contribution in [2.75, 3.05) is 28.4 Å². The van der Waals surface area contributed by atoms with Gasteiger partial charge in [0.1, 0.15) is 18.9 Å². The maximum Gasteiger partial charge on any atom is 0.337 e. The molecule has 1 aromatic heterocycles. The van der Waals surface area contributed by atoms with Crippen LogP contribution in [0.2, 0.25) is 0 Å². The third-order valence-electron chi connectivity index (χ3n) is 11.5. The number of hydrogen-bond acceptors (Lipinski definition) is 10. The van der Waals surface area contributed by atoms with Crippen molar-refractivity contribution in [3.63, 3.8) is 0 Å². The minimum absolute atomic E-state index is 0. The summed E-state index contributed by atoms with van der Waals surface area (Å²) in [4.78, 5) is 68.9. The van der Waals surface area contributed by atoms with Gasteiger partial charge in [0.2, 0.25) is 6.33 Å². The number of aryl methyl sites for hydroxylation is 5. The van der Waals surface area contributed by atoms with Gasteiger partial charge in [-0.1, -0.05) is 52.3 Å². The highest BCUT2D eigenvalue weighted by molar-refractivity contribution is 9.08. The zero-order valence-electron chi connectivity index (χ0n) is 41.2. The van der Waals surface area contributed by atoms with Crippen molar-refractivity contribution in [2.24, 2.45) is 7.05 Å². The lowest BCUT2D eigenvalue weighted by Crippen LogP contribution is -2.23. The van der Waals surface area contributed by atoms with Crippen molar-refractivity contribution in [3.05, 3.63) is 195 Å². The van der Waals surface area contributed by atoms with Gasteiger partial charge in [-0.25, -0.2) is 37.9 Å². The van der Waals surface area contributed by atoms with Crippen LogP contribution in [0.5, 0.6) is 0 Å². The molecule has 7 rings (SSSR count). The topological polar surface area (TPSA) is 189 Å². The number of nitrogens with zero attached hydrogens (tertiary/aromatic N) is 2. The Morgan fingerprint density at radius 3 is 1.08 bits per heavy atom. The predicted molar refractivity (Wildman–Crippen MR) is 282 cm³/mol. The number of benzene rings is 6. The first kappa shape index (κ1) is 56.9. The molecule has 6 aromatic carbocycles. The van der Waals surface area contributed by atoms with E-state index in [1.54, 1.807) is 78.9 Å². The Labute approximate surface area is 436 Å². The van der Waals surface area contributed by atoms with Crippen LogP contribution in [0.25, 0.3) is 33.4 Å². The molecular weight excluding hydrogens is 1050 g/mol. The Morgan fingerprint density at radius 1 is 0.472 bits per heavy atom. The van der Waals surface area contributed by atoms with Crippen LogP contribution in [-0.4, -0.2) is 79.0 Å². The molecule has 0 saturated heterocycles. The molecule has 0 atom stereocenters. The zero-order valence-corrected chi connectivity index (χ0v) is 44.5. The molecule has 0 spiro atoms. The number of alkyl halides is 1. The fraction of sp³-hybridized carbons (Fsp3) is 0.196. The van der Waals surface area contributed by atoms with Crippen molar-refractivity contribution in [1.29, 1.82) is 0 Å². The summed E-state index contributed by atoms with van der Waals surface area (Å²) >= 11 is 3.46. The van der Waals surface area contributed by atoms with Crippen molar-refractivity contribution < 1.29 is 62.5 Å². The molecule has 0 radical (unpaired) electrons. The SMILES string of the molecule is Br.COC(=O)c1ccc(-c2ccc(C(=O)OC)cc2C)c(C)c1.COC(=O)c1ccc(-c2ccc(C(=O)OC)cc2CBr)c(C)c1.Cc1cc(C(=O)O)ccc1-c1ccc(C(=O)O)cc1Cn1cc[n+](C)c1. The van der Waals surface area contributed by atoms with E-state index >= 15 is 0 Å². The van der Waals surface area contributed by atoms with Gasteiger partial charge in [-0.15, -0.1) is 17.0 Å². The average Bonchev–Trinajstić information content (AvgIpc) is 3.79. The highest BCUT2D eigenvalue weighted by atomic mass is 79.9. The Bertz CT molecular complexity index is 3100. The number of ether oxygens (including phenoxy) is 4. The summed E-state index contributed by atoms with van der Waals surface area (Å²) in [6.07, 6.45) is 5.74. The van der Waals surface area contributed by atoms with Crippen LogP contribution in [0, 0.1) is 27.7 Å². The number of carbonyl (C=O) groups is 6. The van der Waals surface area contributed by atoms with Gasteiger partial charge in [0.05, 0.1) is 68.9 Å². The Hall–Kier alpha value is -7.69. The third kappa shape index (κ3) is 14.0. The number of methoxy groups -OCH3 is 4. The smallest absolute Gasteiger partial charge is 0.337 e. The normalized spacial score (nSPS) is 10.2. The van der Waals surface area contributed by atoms with Gasteiger partial charge in [-0.05, 0) is 162 Å². The van der Waals surface area contributed by atoms with Crippen molar-refractivity contribution in [3.8, 4) is 33.4 Å². The van der Waals surface area contributed by atoms with Gasteiger partial charge in [-0.3, -0.25) is 0 Å². The number of carboxylic acids is 2. The fourth-order valence-corrected chi connectivity index (χ4v) is 8.32. The molecule has 7 aromatic rings. The molecule has 0 aliphatic rings. The molecule has 0 fully saturated rings. The molecular formula is C56H55Br2N2O12+. The first-order valence-corrected chi connectivity index (χ1v) is 23.0.